The standard InChI is InChI=1S/C16H23NO7/c1-5-24-13-9-10(6-7-12(13)21-2)8-11(17-16(20)23-4)14(18)15(19)22-3/h6-7,9,11,14,18H,5,8H2,1-4H3,(H,17,20). The van der Waals surface area contributed by atoms with Crippen LogP contribution in [-0.4, -0.2) is 57.3 Å². The Balaban J connectivity index is 3.02. The zero-order valence-corrected chi connectivity index (χ0v) is 14.2. The molecule has 0 aliphatic rings. The van der Waals surface area contributed by atoms with Gasteiger partial charge in [0.2, 0.25) is 0 Å². The summed E-state index contributed by atoms with van der Waals surface area (Å²) in [7, 11) is 3.87. The molecule has 134 valence electrons. The largest absolute Gasteiger partial charge is 0.493 e. The number of nitrogens with one attached hydrogen (secondary N) is 1. The summed E-state index contributed by atoms with van der Waals surface area (Å²) >= 11 is 0. The molecule has 2 N–H and O–H groups in total. The third-order valence-electron chi connectivity index (χ3n) is 3.30. The third-order valence-corrected chi connectivity index (χ3v) is 3.30. The van der Waals surface area contributed by atoms with Crippen molar-refractivity contribution in [1.29, 1.82) is 0 Å². The number of carbonyl (C=O) groups excluding carboxylic acids is 2. The summed E-state index contributed by atoms with van der Waals surface area (Å²) in [5.74, 6) is 0.239. The summed E-state index contributed by atoms with van der Waals surface area (Å²) in [6, 6.07) is 4.25. The Labute approximate surface area is 140 Å². The van der Waals surface area contributed by atoms with Crippen LogP contribution < -0.4 is 14.8 Å². The van der Waals surface area contributed by atoms with Gasteiger partial charge in [0.15, 0.2) is 17.6 Å². The Bertz CT molecular complexity index is 561. The van der Waals surface area contributed by atoms with Crippen molar-refractivity contribution in [2.75, 3.05) is 27.9 Å². The van der Waals surface area contributed by atoms with Gasteiger partial charge in [0.1, 0.15) is 0 Å². The molecule has 0 aromatic heterocycles. The molecule has 0 saturated carbocycles. The maximum atomic E-state index is 11.6. The number of hydrogen-bond acceptors (Lipinski definition) is 7. The minimum atomic E-state index is -1.54. The maximum Gasteiger partial charge on any atom is 0.407 e. The van der Waals surface area contributed by atoms with Crippen molar-refractivity contribution in [2.24, 2.45) is 0 Å². The molecule has 0 saturated heterocycles. The normalized spacial score (nSPS) is 12.7. The van der Waals surface area contributed by atoms with Crippen LogP contribution in [0.5, 0.6) is 11.5 Å². The molecule has 24 heavy (non-hydrogen) atoms. The van der Waals surface area contributed by atoms with Crippen LogP contribution in [0.3, 0.4) is 0 Å². The van der Waals surface area contributed by atoms with Gasteiger partial charge in [0, 0.05) is 0 Å². The highest BCUT2D eigenvalue weighted by atomic mass is 16.5. The molecule has 0 spiro atoms. The Hall–Kier alpha value is -2.48. The van der Waals surface area contributed by atoms with E-state index in [1.807, 2.05) is 6.92 Å². The Morgan fingerprint density at radius 3 is 2.42 bits per heavy atom. The first-order valence-electron chi connectivity index (χ1n) is 7.36. The second kappa shape index (κ2) is 9.61. The molecule has 1 rings (SSSR count). The number of benzene rings is 1. The SMILES string of the molecule is CCOc1cc(CC(NC(=O)OC)C(O)C(=O)OC)ccc1OC. The van der Waals surface area contributed by atoms with Gasteiger partial charge >= 0.3 is 12.1 Å². The number of amides is 1. The fourth-order valence-corrected chi connectivity index (χ4v) is 2.11. The number of carbonyl (C=O) groups is 2. The minimum Gasteiger partial charge on any atom is -0.493 e. The highest BCUT2D eigenvalue weighted by Crippen LogP contribution is 2.28. The highest BCUT2D eigenvalue weighted by molar-refractivity contribution is 5.77. The number of aliphatic hydroxyl groups excluding tert-OH is 1. The number of methoxy groups -OCH3 is 3. The smallest absolute Gasteiger partial charge is 0.407 e. The predicted molar refractivity (Wildman–Crippen MR) is 85.2 cm³/mol. The fourth-order valence-electron chi connectivity index (χ4n) is 2.11. The van der Waals surface area contributed by atoms with Crippen molar-refractivity contribution < 1.29 is 33.6 Å². The lowest BCUT2D eigenvalue weighted by Crippen LogP contribution is -2.48. The first-order valence-corrected chi connectivity index (χ1v) is 7.36. The van der Waals surface area contributed by atoms with Gasteiger partial charge in [-0.05, 0) is 31.0 Å². The number of alkyl carbamates (subject to hydrolysis) is 1. The third kappa shape index (κ3) is 5.31. The predicted octanol–water partition coefficient (Wildman–Crippen LogP) is 0.895. The van der Waals surface area contributed by atoms with Crippen molar-refractivity contribution >= 4 is 12.1 Å². The molecule has 1 aromatic rings. The lowest BCUT2D eigenvalue weighted by molar-refractivity contribution is -0.151. The molecule has 0 bridgehead atoms. The van der Waals surface area contributed by atoms with Gasteiger partial charge in [-0.1, -0.05) is 6.07 Å². The van der Waals surface area contributed by atoms with Crippen LogP contribution in [-0.2, 0) is 20.7 Å². The number of aliphatic hydroxyl groups is 1. The summed E-state index contributed by atoms with van der Waals surface area (Å²) in [4.78, 5) is 23.0. The van der Waals surface area contributed by atoms with E-state index in [-0.39, 0.29) is 6.42 Å². The number of rotatable bonds is 8. The van der Waals surface area contributed by atoms with Crippen LogP contribution in [0.15, 0.2) is 18.2 Å². The molecule has 2 atom stereocenters. The van der Waals surface area contributed by atoms with E-state index in [4.69, 9.17) is 9.47 Å². The van der Waals surface area contributed by atoms with Crippen molar-refractivity contribution in [3.63, 3.8) is 0 Å². The van der Waals surface area contributed by atoms with Crippen molar-refractivity contribution in [3.05, 3.63) is 23.8 Å². The summed E-state index contributed by atoms with van der Waals surface area (Å²) in [6.45, 7) is 2.29. The van der Waals surface area contributed by atoms with Crippen LogP contribution >= 0.6 is 0 Å². The lowest BCUT2D eigenvalue weighted by Gasteiger charge is -2.22. The molecule has 0 heterocycles. The Morgan fingerprint density at radius 2 is 1.88 bits per heavy atom. The monoisotopic (exact) mass is 341 g/mol. The first-order chi connectivity index (χ1) is 11.5. The van der Waals surface area contributed by atoms with E-state index in [0.717, 1.165) is 12.7 Å². The van der Waals surface area contributed by atoms with E-state index in [2.05, 4.69) is 14.8 Å². The second-order valence-corrected chi connectivity index (χ2v) is 4.83. The molecule has 0 aliphatic heterocycles. The van der Waals surface area contributed by atoms with Gasteiger partial charge in [0.05, 0.1) is 34.0 Å². The van der Waals surface area contributed by atoms with Crippen LogP contribution in [0.1, 0.15) is 12.5 Å². The highest BCUT2D eigenvalue weighted by Gasteiger charge is 2.29. The molecule has 1 aromatic carbocycles. The summed E-state index contributed by atoms with van der Waals surface area (Å²) in [6.07, 6.45) is -2.14. The molecule has 2 unspecified atom stereocenters. The molecule has 0 fully saturated rings. The van der Waals surface area contributed by atoms with Crippen molar-refractivity contribution in [1.82, 2.24) is 5.32 Å². The van der Waals surface area contributed by atoms with Gasteiger partial charge in [0.25, 0.3) is 0 Å². The van der Waals surface area contributed by atoms with Gasteiger partial charge in [-0.3, -0.25) is 0 Å². The topological polar surface area (TPSA) is 103 Å². The number of ether oxygens (including phenoxy) is 4. The van der Waals surface area contributed by atoms with Crippen LogP contribution in [0, 0.1) is 0 Å². The second-order valence-electron chi connectivity index (χ2n) is 4.83. The van der Waals surface area contributed by atoms with E-state index < -0.39 is 24.2 Å². The van der Waals surface area contributed by atoms with Crippen molar-refractivity contribution in [3.8, 4) is 11.5 Å². The van der Waals surface area contributed by atoms with Gasteiger partial charge in [-0.2, -0.15) is 0 Å². The molecule has 8 nitrogen and oxygen atoms in total. The van der Waals surface area contributed by atoms with Gasteiger partial charge in [-0.15, -0.1) is 0 Å². The molecule has 8 heteroatoms. The molecular weight excluding hydrogens is 318 g/mol. The van der Waals surface area contributed by atoms with E-state index in [0.29, 0.717) is 18.1 Å². The zero-order chi connectivity index (χ0) is 18.1. The quantitative estimate of drug-likeness (QED) is 0.677. The first kappa shape index (κ1) is 19.6. The molecule has 0 radical (unpaired) electrons. The average molecular weight is 341 g/mol. The average Bonchev–Trinajstić information content (AvgIpc) is 2.60. The molecule has 0 aliphatic carbocycles. The Morgan fingerprint density at radius 1 is 1.17 bits per heavy atom. The number of hydrogen-bond donors (Lipinski definition) is 2. The fraction of sp³-hybridized carbons (Fsp3) is 0.500. The lowest BCUT2D eigenvalue weighted by atomic mass is 10.0. The number of esters is 1. The van der Waals surface area contributed by atoms with E-state index in [9.17, 15) is 14.7 Å². The summed E-state index contributed by atoms with van der Waals surface area (Å²) < 4.78 is 19.7. The zero-order valence-electron chi connectivity index (χ0n) is 14.2. The van der Waals surface area contributed by atoms with Crippen molar-refractivity contribution in [2.45, 2.75) is 25.5 Å². The van der Waals surface area contributed by atoms with Gasteiger partial charge in [-0.25, -0.2) is 9.59 Å². The Kier molecular flexibility index (Phi) is 7.84. The van der Waals surface area contributed by atoms with Crippen LogP contribution in [0.2, 0.25) is 0 Å². The van der Waals surface area contributed by atoms with Gasteiger partial charge < -0.3 is 29.4 Å². The minimum absolute atomic E-state index is 0.162. The molecular formula is C16H23NO7. The van der Waals surface area contributed by atoms with E-state index in [1.54, 1.807) is 18.2 Å². The maximum absolute atomic E-state index is 11.6. The summed E-state index contributed by atoms with van der Waals surface area (Å²) in [5.41, 5.74) is 0.726. The summed E-state index contributed by atoms with van der Waals surface area (Å²) in [5, 5.41) is 12.5. The van der Waals surface area contributed by atoms with Crippen LogP contribution in [0.4, 0.5) is 4.79 Å². The van der Waals surface area contributed by atoms with E-state index >= 15 is 0 Å². The van der Waals surface area contributed by atoms with E-state index in [1.165, 1.54) is 14.2 Å². The van der Waals surface area contributed by atoms with Crippen LogP contribution in [0.25, 0.3) is 0 Å². The molecule has 1 amide bonds.